The first-order chi connectivity index (χ1) is 15.0. The molecule has 0 amide bonds. The molecular weight excluding hydrogens is 392 g/mol. The highest BCUT2D eigenvalue weighted by Gasteiger charge is 2.34. The Bertz CT molecular complexity index is 1230. The quantitative estimate of drug-likeness (QED) is 0.571. The maximum absolute atomic E-state index is 13.4. The Balaban J connectivity index is 1.71. The number of fused-ring (bicyclic) bond motifs is 2. The number of anilines is 2. The van der Waals surface area contributed by atoms with Gasteiger partial charge in [0.05, 0.1) is 23.9 Å². The van der Waals surface area contributed by atoms with Gasteiger partial charge in [0.15, 0.2) is 12.1 Å². The molecule has 31 heavy (non-hydrogen) atoms. The number of likely N-dealkylation sites (N-methyl/N-ethyl adjacent to an activating group) is 1. The smallest absolute Gasteiger partial charge is 0.293 e. The molecule has 1 aliphatic rings. The van der Waals surface area contributed by atoms with Crippen molar-refractivity contribution in [2.75, 3.05) is 36.9 Å². The second-order valence-corrected chi connectivity index (χ2v) is 7.45. The van der Waals surface area contributed by atoms with E-state index in [-0.39, 0.29) is 18.4 Å². The van der Waals surface area contributed by atoms with Crippen molar-refractivity contribution < 1.29 is 0 Å². The maximum atomic E-state index is 13.4. The third-order valence-corrected chi connectivity index (χ3v) is 5.34. The number of aromatic nitrogens is 4. The molecule has 0 radical (unpaired) electrons. The van der Waals surface area contributed by atoms with Crippen molar-refractivity contribution in [2.45, 2.75) is 26.7 Å². The van der Waals surface area contributed by atoms with Crippen LogP contribution in [0.4, 0.5) is 11.4 Å². The minimum atomic E-state index is -0.219. The van der Waals surface area contributed by atoms with Gasteiger partial charge in [-0.25, -0.2) is 14.6 Å². The number of nitrogens with zero attached hydrogens (tertiary/aromatic N) is 6. The molecule has 2 aromatic heterocycles. The van der Waals surface area contributed by atoms with Gasteiger partial charge >= 0.3 is 0 Å². The summed E-state index contributed by atoms with van der Waals surface area (Å²) < 4.78 is 1.40. The predicted octanol–water partition coefficient (Wildman–Crippen LogP) is 0.973. The second kappa shape index (κ2) is 8.71. The molecule has 1 atom stereocenters. The summed E-state index contributed by atoms with van der Waals surface area (Å²) in [6.45, 7) is 5.52. The molecule has 0 saturated carbocycles. The number of rotatable bonds is 6. The summed E-state index contributed by atoms with van der Waals surface area (Å²) in [5.74, 6) is 6.52. The molecule has 1 aromatic carbocycles. The molecule has 0 spiro atoms. The summed E-state index contributed by atoms with van der Waals surface area (Å²) in [4.78, 5) is 26.6. The lowest BCUT2D eigenvalue weighted by Gasteiger charge is -2.32. The largest absolute Gasteiger partial charge is 0.350 e. The van der Waals surface area contributed by atoms with Crippen LogP contribution in [0.15, 0.2) is 35.3 Å². The zero-order valence-corrected chi connectivity index (χ0v) is 18.0. The van der Waals surface area contributed by atoms with Crippen molar-refractivity contribution >= 4 is 22.3 Å². The monoisotopic (exact) mass is 418 g/mol. The third-order valence-electron chi connectivity index (χ3n) is 5.34. The minimum Gasteiger partial charge on any atom is -0.350 e. The third kappa shape index (κ3) is 3.95. The first kappa shape index (κ1) is 20.8. The molecule has 0 saturated heterocycles. The molecule has 0 aliphatic carbocycles. The molecule has 9 heteroatoms. The normalized spacial score (nSPS) is 15.0. The van der Waals surface area contributed by atoms with Crippen molar-refractivity contribution in [2.24, 2.45) is 5.73 Å². The Morgan fingerprint density at radius 3 is 2.87 bits per heavy atom. The van der Waals surface area contributed by atoms with Gasteiger partial charge in [-0.3, -0.25) is 9.69 Å². The van der Waals surface area contributed by atoms with E-state index in [0.29, 0.717) is 36.8 Å². The lowest BCUT2D eigenvalue weighted by molar-refractivity contribution is 0.273. The first-order valence-electron chi connectivity index (χ1n) is 10.2. The van der Waals surface area contributed by atoms with Gasteiger partial charge in [-0.1, -0.05) is 24.1 Å². The molecule has 4 rings (SSSR count). The maximum Gasteiger partial charge on any atom is 0.293 e. The van der Waals surface area contributed by atoms with Crippen molar-refractivity contribution in [1.82, 2.24) is 24.6 Å². The van der Waals surface area contributed by atoms with E-state index >= 15 is 0 Å². The van der Waals surface area contributed by atoms with Crippen molar-refractivity contribution in [3.8, 4) is 11.8 Å². The molecule has 3 N–H and O–H groups in total. The summed E-state index contributed by atoms with van der Waals surface area (Å²) in [5, 5.41) is 8.73. The van der Waals surface area contributed by atoms with Crippen LogP contribution in [0.1, 0.15) is 18.4 Å². The van der Waals surface area contributed by atoms with Gasteiger partial charge in [-0.15, -0.1) is 5.92 Å². The fourth-order valence-corrected chi connectivity index (χ4v) is 3.82. The molecule has 1 aliphatic heterocycles. The fraction of sp³-hybridized carbons (Fsp3) is 0.364. The second-order valence-electron chi connectivity index (χ2n) is 7.45. The molecule has 160 valence electrons. The van der Waals surface area contributed by atoms with Crippen LogP contribution in [0.2, 0.25) is 0 Å². The molecule has 0 bridgehead atoms. The Morgan fingerprint density at radius 1 is 1.29 bits per heavy atom. The van der Waals surface area contributed by atoms with Crippen LogP contribution in [-0.2, 0) is 6.54 Å². The van der Waals surface area contributed by atoms with Crippen LogP contribution in [0.25, 0.3) is 10.9 Å². The van der Waals surface area contributed by atoms with Crippen LogP contribution in [0.5, 0.6) is 0 Å². The van der Waals surface area contributed by atoms with Gasteiger partial charge in [0.2, 0.25) is 0 Å². The number of nitrogens with one attached hydrogen (secondary N) is 1. The Morgan fingerprint density at radius 2 is 2.10 bits per heavy atom. The van der Waals surface area contributed by atoms with Gasteiger partial charge in [-0.05, 0) is 27.0 Å². The number of benzene rings is 1. The summed E-state index contributed by atoms with van der Waals surface area (Å²) >= 11 is 0. The molecule has 9 nitrogen and oxygen atoms in total. The van der Waals surface area contributed by atoms with E-state index in [1.807, 2.05) is 43.1 Å². The van der Waals surface area contributed by atoms with Crippen LogP contribution in [-0.4, -0.2) is 57.6 Å². The zero-order valence-electron chi connectivity index (χ0n) is 18.0. The SMILES string of the molecule is CC#CCN1c2c(cnn(Cc3nc(C)c4ccccc4n3)c2=O)NC1N(C)CCN. The van der Waals surface area contributed by atoms with Crippen LogP contribution in [0, 0.1) is 18.8 Å². The first-order valence-corrected chi connectivity index (χ1v) is 10.2. The Labute approximate surface area is 180 Å². The van der Waals surface area contributed by atoms with Crippen LogP contribution < -0.4 is 21.5 Å². The van der Waals surface area contributed by atoms with Crippen molar-refractivity contribution in [3.63, 3.8) is 0 Å². The standard InChI is InChI=1S/C22H26N8O/c1-4-5-11-29-20-18(27-22(29)28(3)12-10-23)13-24-30(21(20)31)14-19-25-15(2)16-8-6-7-9-17(16)26-19/h6-9,13,22,27H,10-12,14,23H2,1-3H3. The van der Waals surface area contributed by atoms with Gasteiger partial charge in [0, 0.05) is 24.2 Å². The average Bonchev–Trinajstić information content (AvgIpc) is 3.14. The summed E-state index contributed by atoms with van der Waals surface area (Å²) in [7, 11) is 1.96. The average molecular weight is 419 g/mol. The number of hydrogen-bond donors (Lipinski definition) is 2. The zero-order chi connectivity index (χ0) is 22.0. The highest BCUT2D eigenvalue weighted by Crippen LogP contribution is 2.31. The van der Waals surface area contributed by atoms with E-state index in [2.05, 4.69) is 37.1 Å². The highest BCUT2D eigenvalue weighted by atomic mass is 16.1. The molecule has 3 aromatic rings. The number of para-hydroxylation sites is 1. The van der Waals surface area contributed by atoms with E-state index in [0.717, 1.165) is 16.6 Å². The van der Waals surface area contributed by atoms with Crippen molar-refractivity contribution in [3.05, 3.63) is 52.3 Å². The van der Waals surface area contributed by atoms with Crippen LogP contribution >= 0.6 is 0 Å². The number of hydrogen-bond acceptors (Lipinski definition) is 8. The van der Waals surface area contributed by atoms with Crippen molar-refractivity contribution in [1.29, 1.82) is 0 Å². The summed E-state index contributed by atoms with van der Waals surface area (Å²) in [6.07, 6.45) is 1.46. The predicted molar refractivity (Wildman–Crippen MR) is 122 cm³/mol. The topological polar surface area (TPSA) is 105 Å². The lowest BCUT2D eigenvalue weighted by atomic mass is 10.2. The Hall–Kier alpha value is -3.48. The van der Waals surface area contributed by atoms with E-state index in [1.165, 1.54) is 4.68 Å². The summed E-state index contributed by atoms with van der Waals surface area (Å²) in [5.41, 5.74) is 8.48. The highest BCUT2D eigenvalue weighted by molar-refractivity contribution is 5.80. The van der Waals surface area contributed by atoms with Gasteiger partial charge in [-0.2, -0.15) is 5.10 Å². The van der Waals surface area contributed by atoms with Gasteiger partial charge < -0.3 is 16.0 Å². The lowest BCUT2D eigenvalue weighted by Crippen LogP contribution is -2.50. The molecule has 0 fully saturated rings. The Kier molecular flexibility index (Phi) is 5.84. The van der Waals surface area contributed by atoms with Gasteiger partial charge in [0.1, 0.15) is 12.2 Å². The number of nitrogens with two attached hydrogens (primary N) is 1. The fourth-order valence-electron chi connectivity index (χ4n) is 3.82. The van der Waals surface area contributed by atoms with E-state index in [1.54, 1.807) is 13.1 Å². The summed E-state index contributed by atoms with van der Waals surface area (Å²) in [6, 6.07) is 7.84. The van der Waals surface area contributed by atoms with E-state index in [4.69, 9.17) is 5.73 Å². The number of aryl methyl sites for hydroxylation is 1. The molecule has 3 heterocycles. The van der Waals surface area contributed by atoms with Gasteiger partial charge in [0.25, 0.3) is 5.56 Å². The minimum absolute atomic E-state index is 0.189. The van der Waals surface area contributed by atoms with E-state index in [9.17, 15) is 4.79 Å². The van der Waals surface area contributed by atoms with Crippen LogP contribution in [0.3, 0.4) is 0 Å². The van der Waals surface area contributed by atoms with E-state index < -0.39 is 0 Å². The molecular formula is C22H26N8O. The molecule has 1 unspecified atom stereocenters.